The van der Waals surface area contributed by atoms with Gasteiger partial charge in [0, 0.05) is 22.8 Å². The molecule has 1 aliphatic heterocycles. The molecule has 0 aromatic heterocycles. The van der Waals surface area contributed by atoms with Crippen molar-refractivity contribution in [1.82, 2.24) is 0 Å². The van der Waals surface area contributed by atoms with Gasteiger partial charge in [0.15, 0.2) is 0 Å². The minimum absolute atomic E-state index is 0.0206. The molecule has 0 saturated heterocycles. The summed E-state index contributed by atoms with van der Waals surface area (Å²) in [4.78, 5) is 29.4. The molecule has 6 nitrogen and oxygen atoms in total. The summed E-state index contributed by atoms with van der Waals surface area (Å²) in [6.07, 6.45) is 0. The number of anilines is 3. The van der Waals surface area contributed by atoms with Crippen LogP contribution < -0.4 is 19.9 Å². The Hall–Kier alpha value is -3.02. The molecule has 0 bridgehead atoms. The van der Waals surface area contributed by atoms with Crippen LogP contribution >= 0.6 is 0 Å². The maximum atomic E-state index is 12.9. The average Bonchev–Trinajstić information content (AvgIpc) is 2.71. The third-order valence-corrected chi connectivity index (χ3v) is 4.97. The molecule has 0 saturated carbocycles. The fraction of sp³-hybridized carbons (Fsp3) is 0.417. The average molecular weight is 410 g/mol. The van der Waals surface area contributed by atoms with E-state index in [0.29, 0.717) is 18.9 Å². The van der Waals surface area contributed by atoms with Crippen LogP contribution in [0.4, 0.5) is 17.1 Å². The number of hydrogen-bond donors (Lipinski definition) is 1. The molecule has 1 aliphatic rings. The highest BCUT2D eigenvalue weighted by molar-refractivity contribution is 5.99. The zero-order valence-electron chi connectivity index (χ0n) is 18.4. The molecule has 3 rings (SSSR count). The van der Waals surface area contributed by atoms with Crippen molar-refractivity contribution < 1.29 is 14.3 Å². The molecule has 30 heavy (non-hydrogen) atoms. The smallest absolute Gasteiger partial charge is 0.246 e. The number of amides is 2. The highest BCUT2D eigenvalue weighted by Gasteiger charge is 2.32. The summed E-state index contributed by atoms with van der Waals surface area (Å²) in [5.74, 6) is 0.715. The number of fused-ring (bicyclic) bond motifs is 1. The lowest BCUT2D eigenvalue weighted by Crippen LogP contribution is -2.44. The number of ether oxygens (including phenoxy) is 1. The molecule has 0 radical (unpaired) electrons. The van der Waals surface area contributed by atoms with E-state index in [2.05, 4.69) is 5.32 Å². The SMILES string of the molecule is CC(C)N(C(=O)CNc1ccc2c(c1)N(C(=O)C(C)(C)C)CCO2)c1ccccc1. The molecule has 0 unspecified atom stereocenters. The van der Waals surface area contributed by atoms with Crippen LogP contribution in [-0.2, 0) is 9.59 Å². The minimum Gasteiger partial charge on any atom is -0.490 e. The van der Waals surface area contributed by atoms with Crippen LogP contribution in [0, 0.1) is 5.41 Å². The Balaban J connectivity index is 1.76. The van der Waals surface area contributed by atoms with E-state index in [4.69, 9.17) is 4.74 Å². The molecular formula is C24H31N3O3. The Labute approximate surface area is 178 Å². The van der Waals surface area contributed by atoms with Crippen molar-refractivity contribution in [2.75, 3.05) is 34.8 Å². The first-order valence-corrected chi connectivity index (χ1v) is 10.4. The first-order chi connectivity index (χ1) is 14.2. The van der Waals surface area contributed by atoms with Crippen molar-refractivity contribution in [2.24, 2.45) is 5.41 Å². The topological polar surface area (TPSA) is 61.9 Å². The van der Waals surface area contributed by atoms with Crippen LogP contribution in [0.15, 0.2) is 48.5 Å². The van der Waals surface area contributed by atoms with Gasteiger partial charge >= 0.3 is 0 Å². The van der Waals surface area contributed by atoms with Gasteiger partial charge in [0.2, 0.25) is 11.8 Å². The van der Waals surface area contributed by atoms with Crippen LogP contribution in [0.3, 0.4) is 0 Å². The summed E-state index contributed by atoms with van der Waals surface area (Å²) in [5, 5.41) is 3.21. The molecule has 0 atom stereocenters. The van der Waals surface area contributed by atoms with Crippen LogP contribution in [0.5, 0.6) is 5.75 Å². The van der Waals surface area contributed by atoms with Gasteiger partial charge < -0.3 is 19.9 Å². The maximum absolute atomic E-state index is 12.9. The first-order valence-electron chi connectivity index (χ1n) is 10.4. The Morgan fingerprint density at radius 1 is 1.13 bits per heavy atom. The molecule has 1 heterocycles. The van der Waals surface area contributed by atoms with Crippen molar-refractivity contribution in [2.45, 2.75) is 40.7 Å². The van der Waals surface area contributed by atoms with Crippen LogP contribution in [0.25, 0.3) is 0 Å². The lowest BCUT2D eigenvalue weighted by molar-refractivity contribution is -0.126. The van der Waals surface area contributed by atoms with Gasteiger partial charge in [-0.1, -0.05) is 39.0 Å². The number of para-hydroxylation sites is 1. The molecule has 6 heteroatoms. The predicted octanol–water partition coefficient (Wildman–Crippen LogP) is 4.31. The van der Waals surface area contributed by atoms with Crippen molar-refractivity contribution in [3.8, 4) is 5.75 Å². The third-order valence-electron chi connectivity index (χ3n) is 4.97. The van der Waals surface area contributed by atoms with Crippen molar-refractivity contribution in [3.05, 3.63) is 48.5 Å². The molecule has 0 spiro atoms. The maximum Gasteiger partial charge on any atom is 0.246 e. The Bertz CT molecular complexity index is 904. The molecule has 0 aliphatic carbocycles. The van der Waals surface area contributed by atoms with Gasteiger partial charge in [-0.05, 0) is 44.2 Å². The molecule has 160 valence electrons. The van der Waals surface area contributed by atoms with E-state index in [-0.39, 0.29) is 24.4 Å². The third kappa shape index (κ3) is 4.75. The number of carbonyl (C=O) groups excluding carboxylic acids is 2. The number of nitrogens with zero attached hydrogens (tertiary/aromatic N) is 2. The zero-order chi connectivity index (χ0) is 21.9. The van der Waals surface area contributed by atoms with Crippen molar-refractivity contribution in [3.63, 3.8) is 0 Å². The van der Waals surface area contributed by atoms with E-state index in [9.17, 15) is 9.59 Å². The van der Waals surface area contributed by atoms with Gasteiger partial charge in [-0.2, -0.15) is 0 Å². The van der Waals surface area contributed by atoms with E-state index < -0.39 is 5.41 Å². The Kier molecular flexibility index (Phi) is 6.34. The first kappa shape index (κ1) is 21.7. The van der Waals surface area contributed by atoms with Crippen LogP contribution in [0.2, 0.25) is 0 Å². The molecule has 0 fully saturated rings. The quantitative estimate of drug-likeness (QED) is 0.799. The van der Waals surface area contributed by atoms with E-state index in [1.807, 2.05) is 83.1 Å². The fourth-order valence-electron chi connectivity index (χ4n) is 3.53. The number of hydrogen-bond acceptors (Lipinski definition) is 4. The highest BCUT2D eigenvalue weighted by Crippen LogP contribution is 2.36. The molecule has 1 N–H and O–H groups in total. The van der Waals surface area contributed by atoms with E-state index in [1.165, 1.54) is 0 Å². The lowest BCUT2D eigenvalue weighted by Gasteiger charge is -2.34. The monoisotopic (exact) mass is 409 g/mol. The number of nitrogens with one attached hydrogen (secondary N) is 1. The fourth-order valence-corrected chi connectivity index (χ4v) is 3.53. The predicted molar refractivity (Wildman–Crippen MR) is 121 cm³/mol. The Morgan fingerprint density at radius 2 is 1.83 bits per heavy atom. The largest absolute Gasteiger partial charge is 0.490 e. The second kappa shape index (κ2) is 8.78. The molecule has 2 amide bonds. The zero-order valence-corrected chi connectivity index (χ0v) is 18.4. The van der Waals surface area contributed by atoms with E-state index in [0.717, 1.165) is 17.1 Å². The summed E-state index contributed by atoms with van der Waals surface area (Å²) < 4.78 is 5.73. The summed E-state index contributed by atoms with van der Waals surface area (Å²) in [7, 11) is 0. The lowest BCUT2D eigenvalue weighted by atomic mass is 9.94. The minimum atomic E-state index is -0.485. The van der Waals surface area contributed by atoms with E-state index >= 15 is 0 Å². The van der Waals surface area contributed by atoms with Crippen molar-refractivity contribution in [1.29, 1.82) is 0 Å². The summed E-state index contributed by atoms with van der Waals surface area (Å²) in [6.45, 7) is 10.9. The van der Waals surface area contributed by atoms with Gasteiger partial charge in [-0.3, -0.25) is 9.59 Å². The second-order valence-electron chi connectivity index (χ2n) is 8.78. The summed E-state index contributed by atoms with van der Waals surface area (Å²) in [5.41, 5.74) is 1.90. The second-order valence-corrected chi connectivity index (χ2v) is 8.78. The number of carbonyl (C=O) groups is 2. The van der Waals surface area contributed by atoms with Crippen LogP contribution in [-0.4, -0.2) is 37.6 Å². The molecule has 2 aromatic rings. The molecule has 2 aromatic carbocycles. The normalized spacial score (nSPS) is 13.5. The molecular weight excluding hydrogens is 378 g/mol. The van der Waals surface area contributed by atoms with Gasteiger partial charge in [-0.15, -0.1) is 0 Å². The van der Waals surface area contributed by atoms with Gasteiger partial charge in [0.25, 0.3) is 0 Å². The van der Waals surface area contributed by atoms with Gasteiger partial charge in [0.1, 0.15) is 12.4 Å². The highest BCUT2D eigenvalue weighted by atomic mass is 16.5. The Morgan fingerprint density at radius 3 is 2.47 bits per heavy atom. The van der Waals surface area contributed by atoms with E-state index in [1.54, 1.807) is 9.80 Å². The van der Waals surface area contributed by atoms with Crippen LogP contribution in [0.1, 0.15) is 34.6 Å². The number of benzene rings is 2. The summed E-state index contributed by atoms with van der Waals surface area (Å²) in [6, 6.07) is 15.3. The summed E-state index contributed by atoms with van der Waals surface area (Å²) >= 11 is 0. The van der Waals surface area contributed by atoms with Crippen molar-refractivity contribution >= 4 is 28.9 Å². The van der Waals surface area contributed by atoms with Gasteiger partial charge in [0.05, 0.1) is 18.8 Å². The standard InChI is InChI=1S/C24H31N3O3/c1-17(2)27(19-9-7-6-8-10-19)22(28)16-25-18-11-12-21-20(15-18)26(13-14-30-21)23(29)24(3,4)5/h6-12,15,17,25H,13-14,16H2,1-5H3. The number of rotatable bonds is 5. The van der Waals surface area contributed by atoms with Gasteiger partial charge in [-0.25, -0.2) is 0 Å².